The van der Waals surface area contributed by atoms with Crippen molar-refractivity contribution in [3.8, 4) is 5.75 Å². The van der Waals surface area contributed by atoms with E-state index < -0.39 is 11.8 Å². The van der Waals surface area contributed by atoms with Gasteiger partial charge >= 0.3 is 11.8 Å². The SMILES string of the molecule is CCCCCNC(=O)C(=O)Nc1ccccc1C(=O)NCc1ccc(OC)cc1. The molecule has 3 N–H and O–H groups in total. The molecule has 0 radical (unpaired) electrons. The molecule has 0 atom stereocenters. The summed E-state index contributed by atoms with van der Waals surface area (Å²) in [5.74, 6) is -1.12. The number of nitrogens with one attached hydrogen (secondary N) is 3. The Bertz CT molecular complexity index is 834. The monoisotopic (exact) mass is 397 g/mol. The molecule has 0 fully saturated rings. The van der Waals surface area contributed by atoms with Crippen molar-refractivity contribution in [2.24, 2.45) is 0 Å². The lowest BCUT2D eigenvalue weighted by Crippen LogP contribution is -2.36. The molecule has 2 rings (SSSR count). The Kier molecular flexibility index (Phi) is 8.69. The summed E-state index contributed by atoms with van der Waals surface area (Å²) in [4.78, 5) is 36.6. The molecule has 2 aromatic rings. The van der Waals surface area contributed by atoms with Crippen LogP contribution in [-0.4, -0.2) is 31.4 Å². The van der Waals surface area contributed by atoms with Gasteiger partial charge in [0.05, 0.1) is 18.4 Å². The standard InChI is InChI=1S/C22H27N3O4/c1-3-4-7-14-23-21(27)22(28)25-19-9-6-5-8-18(19)20(26)24-15-16-10-12-17(29-2)13-11-16/h5-6,8-13H,3-4,7,14-15H2,1-2H3,(H,23,27)(H,24,26)(H,25,28). The van der Waals surface area contributed by atoms with Gasteiger partial charge in [0, 0.05) is 13.1 Å². The van der Waals surface area contributed by atoms with Crippen LogP contribution in [0.1, 0.15) is 42.1 Å². The van der Waals surface area contributed by atoms with Crippen LogP contribution in [0.3, 0.4) is 0 Å². The Morgan fingerprint density at radius 3 is 2.31 bits per heavy atom. The van der Waals surface area contributed by atoms with Gasteiger partial charge in [0.15, 0.2) is 0 Å². The van der Waals surface area contributed by atoms with E-state index in [-0.39, 0.29) is 17.2 Å². The quantitative estimate of drug-likeness (QED) is 0.448. The van der Waals surface area contributed by atoms with E-state index >= 15 is 0 Å². The summed E-state index contributed by atoms with van der Waals surface area (Å²) in [5, 5.41) is 7.91. The molecule has 7 heteroatoms. The van der Waals surface area contributed by atoms with Crippen molar-refractivity contribution in [2.45, 2.75) is 32.7 Å². The fourth-order valence-electron chi connectivity index (χ4n) is 2.65. The second-order valence-corrected chi connectivity index (χ2v) is 6.49. The van der Waals surface area contributed by atoms with Crippen molar-refractivity contribution in [1.82, 2.24) is 10.6 Å². The predicted octanol–water partition coefficient (Wildman–Crippen LogP) is 2.87. The maximum atomic E-state index is 12.6. The van der Waals surface area contributed by atoms with Crippen LogP contribution in [0.25, 0.3) is 0 Å². The Morgan fingerprint density at radius 2 is 1.62 bits per heavy atom. The van der Waals surface area contributed by atoms with Crippen molar-refractivity contribution in [2.75, 3.05) is 19.0 Å². The summed E-state index contributed by atoms with van der Waals surface area (Å²) in [6.07, 6.45) is 2.83. The Balaban J connectivity index is 1.95. The molecule has 2 aromatic carbocycles. The first kappa shape index (κ1) is 21.9. The van der Waals surface area contributed by atoms with E-state index in [0.717, 1.165) is 30.6 Å². The van der Waals surface area contributed by atoms with Gasteiger partial charge < -0.3 is 20.7 Å². The largest absolute Gasteiger partial charge is 0.497 e. The van der Waals surface area contributed by atoms with Crippen molar-refractivity contribution in [3.05, 3.63) is 59.7 Å². The molecule has 0 aliphatic rings. The average Bonchev–Trinajstić information content (AvgIpc) is 2.75. The highest BCUT2D eigenvalue weighted by Crippen LogP contribution is 2.16. The van der Waals surface area contributed by atoms with Gasteiger partial charge in [-0.15, -0.1) is 0 Å². The molecule has 0 saturated heterocycles. The number of anilines is 1. The van der Waals surface area contributed by atoms with Crippen molar-refractivity contribution >= 4 is 23.4 Å². The van der Waals surface area contributed by atoms with Crippen molar-refractivity contribution in [3.63, 3.8) is 0 Å². The third kappa shape index (κ3) is 6.95. The zero-order valence-electron chi connectivity index (χ0n) is 16.8. The molecule has 7 nitrogen and oxygen atoms in total. The van der Waals surface area contributed by atoms with E-state index in [1.807, 2.05) is 24.3 Å². The van der Waals surface area contributed by atoms with Crippen molar-refractivity contribution < 1.29 is 19.1 Å². The first-order valence-electron chi connectivity index (χ1n) is 9.64. The number of carbonyl (C=O) groups excluding carboxylic acids is 3. The summed E-state index contributed by atoms with van der Waals surface area (Å²) >= 11 is 0. The first-order chi connectivity index (χ1) is 14.0. The van der Waals surface area contributed by atoms with E-state index in [9.17, 15) is 14.4 Å². The number of benzene rings is 2. The number of amides is 3. The highest BCUT2D eigenvalue weighted by molar-refractivity contribution is 6.40. The van der Waals surface area contributed by atoms with Gasteiger partial charge in [0.25, 0.3) is 5.91 Å². The molecular formula is C22H27N3O4. The predicted molar refractivity (Wildman–Crippen MR) is 112 cm³/mol. The number of para-hydroxylation sites is 1. The lowest BCUT2D eigenvalue weighted by Gasteiger charge is -2.12. The zero-order chi connectivity index (χ0) is 21.1. The minimum absolute atomic E-state index is 0.285. The maximum absolute atomic E-state index is 12.6. The number of rotatable bonds is 9. The van der Waals surface area contributed by atoms with Gasteiger partial charge in [-0.3, -0.25) is 14.4 Å². The van der Waals surface area contributed by atoms with Crippen LogP contribution >= 0.6 is 0 Å². The van der Waals surface area contributed by atoms with Crippen LogP contribution in [0.15, 0.2) is 48.5 Å². The van der Waals surface area contributed by atoms with Gasteiger partial charge in [0.2, 0.25) is 0 Å². The lowest BCUT2D eigenvalue weighted by molar-refractivity contribution is -0.136. The Hall–Kier alpha value is -3.35. The third-order valence-electron chi connectivity index (χ3n) is 4.30. The number of carbonyl (C=O) groups is 3. The van der Waals surface area contributed by atoms with Crippen LogP contribution in [-0.2, 0) is 16.1 Å². The molecule has 0 unspecified atom stereocenters. The van der Waals surface area contributed by atoms with E-state index in [1.54, 1.807) is 31.4 Å². The molecule has 0 aromatic heterocycles. The second kappa shape index (κ2) is 11.5. The number of hydrogen-bond acceptors (Lipinski definition) is 4. The number of hydrogen-bond donors (Lipinski definition) is 3. The average molecular weight is 397 g/mol. The van der Waals surface area contributed by atoms with Crippen molar-refractivity contribution in [1.29, 1.82) is 0 Å². The van der Waals surface area contributed by atoms with Crippen LogP contribution < -0.4 is 20.7 Å². The number of ether oxygens (including phenoxy) is 1. The van der Waals surface area contributed by atoms with Gasteiger partial charge in [0.1, 0.15) is 5.75 Å². The van der Waals surface area contributed by atoms with Crippen LogP contribution in [0.2, 0.25) is 0 Å². The van der Waals surface area contributed by atoms with Gasteiger partial charge in [-0.05, 0) is 36.2 Å². The lowest BCUT2D eigenvalue weighted by atomic mass is 10.1. The van der Waals surface area contributed by atoms with E-state index in [2.05, 4.69) is 22.9 Å². The van der Waals surface area contributed by atoms with E-state index in [1.165, 1.54) is 0 Å². The molecule has 0 aliphatic heterocycles. The van der Waals surface area contributed by atoms with Crippen LogP contribution in [0, 0.1) is 0 Å². The normalized spacial score (nSPS) is 10.1. The minimum atomic E-state index is -0.795. The Morgan fingerprint density at radius 1 is 0.897 bits per heavy atom. The van der Waals surface area contributed by atoms with Gasteiger partial charge in [-0.25, -0.2) is 0 Å². The van der Waals surface area contributed by atoms with Gasteiger partial charge in [-0.1, -0.05) is 44.0 Å². The molecule has 29 heavy (non-hydrogen) atoms. The summed E-state index contributed by atoms with van der Waals surface area (Å²) in [6.45, 7) is 2.83. The van der Waals surface area contributed by atoms with E-state index in [4.69, 9.17) is 4.74 Å². The highest BCUT2D eigenvalue weighted by Gasteiger charge is 2.17. The molecule has 0 saturated carbocycles. The minimum Gasteiger partial charge on any atom is -0.497 e. The van der Waals surface area contributed by atoms with E-state index in [0.29, 0.717) is 13.1 Å². The molecule has 0 heterocycles. The summed E-state index contributed by atoms with van der Waals surface area (Å²) in [7, 11) is 1.59. The zero-order valence-corrected chi connectivity index (χ0v) is 16.8. The second-order valence-electron chi connectivity index (χ2n) is 6.49. The van der Waals surface area contributed by atoms with Gasteiger partial charge in [-0.2, -0.15) is 0 Å². The van der Waals surface area contributed by atoms with Crippen LogP contribution in [0.4, 0.5) is 5.69 Å². The maximum Gasteiger partial charge on any atom is 0.313 e. The summed E-state index contributed by atoms with van der Waals surface area (Å²) < 4.78 is 5.11. The Labute approximate surface area is 170 Å². The molecule has 0 spiro atoms. The fraction of sp³-hybridized carbons (Fsp3) is 0.318. The molecular weight excluding hydrogens is 370 g/mol. The van der Waals surface area contributed by atoms with Crippen LogP contribution in [0.5, 0.6) is 5.75 Å². The first-order valence-corrected chi connectivity index (χ1v) is 9.64. The summed E-state index contributed by atoms with van der Waals surface area (Å²) in [6, 6.07) is 13.9. The fourth-order valence-corrected chi connectivity index (χ4v) is 2.65. The molecule has 0 aliphatic carbocycles. The highest BCUT2D eigenvalue weighted by atomic mass is 16.5. The molecule has 0 bridgehead atoms. The topological polar surface area (TPSA) is 96.5 Å². The smallest absolute Gasteiger partial charge is 0.313 e. The molecule has 3 amide bonds. The number of unbranched alkanes of at least 4 members (excludes halogenated alkanes) is 2. The molecule has 154 valence electrons. The number of methoxy groups -OCH3 is 1. The summed E-state index contributed by atoms with van der Waals surface area (Å²) in [5.41, 5.74) is 1.48. The third-order valence-corrected chi connectivity index (χ3v) is 4.30.